The van der Waals surface area contributed by atoms with Crippen LogP contribution in [0.4, 0.5) is 5.82 Å². The molecule has 5 heteroatoms. The van der Waals surface area contributed by atoms with Gasteiger partial charge in [0.25, 0.3) is 0 Å². The first-order chi connectivity index (χ1) is 9.27. The van der Waals surface area contributed by atoms with Crippen molar-refractivity contribution >= 4 is 48.5 Å². The highest BCUT2D eigenvalue weighted by Crippen LogP contribution is 2.29. The fourth-order valence-corrected chi connectivity index (χ4v) is 2.96. The highest BCUT2D eigenvalue weighted by atomic mass is 79.9. The number of aromatic nitrogens is 1. The molecule has 0 unspecified atom stereocenters. The minimum absolute atomic E-state index is 0.694. The molecule has 102 valence electrons. The van der Waals surface area contributed by atoms with Crippen LogP contribution < -0.4 is 4.90 Å². The molecule has 1 aromatic carbocycles. The SMILES string of the molecule is COCCN(CCBr)c1nccc2c(Br)cccc12. The lowest BCUT2D eigenvalue weighted by Crippen LogP contribution is -2.30. The van der Waals surface area contributed by atoms with Crippen molar-refractivity contribution in [2.24, 2.45) is 0 Å². The van der Waals surface area contributed by atoms with Gasteiger partial charge in [-0.05, 0) is 12.1 Å². The summed E-state index contributed by atoms with van der Waals surface area (Å²) in [5.74, 6) is 1.01. The van der Waals surface area contributed by atoms with Gasteiger partial charge in [0.15, 0.2) is 0 Å². The number of fused-ring (bicyclic) bond motifs is 1. The van der Waals surface area contributed by atoms with Crippen LogP contribution in [0.2, 0.25) is 0 Å². The monoisotopic (exact) mass is 386 g/mol. The summed E-state index contributed by atoms with van der Waals surface area (Å²) in [6.07, 6.45) is 1.86. The smallest absolute Gasteiger partial charge is 0.136 e. The van der Waals surface area contributed by atoms with Gasteiger partial charge in [-0.3, -0.25) is 0 Å². The maximum Gasteiger partial charge on any atom is 0.136 e. The molecular weight excluding hydrogens is 372 g/mol. The van der Waals surface area contributed by atoms with E-state index in [-0.39, 0.29) is 0 Å². The van der Waals surface area contributed by atoms with Crippen LogP contribution in [0.15, 0.2) is 34.9 Å². The van der Waals surface area contributed by atoms with Gasteiger partial charge in [-0.25, -0.2) is 4.98 Å². The van der Waals surface area contributed by atoms with Crippen LogP contribution in [-0.4, -0.2) is 37.1 Å². The molecule has 2 aromatic rings. The minimum atomic E-state index is 0.694. The molecule has 1 aromatic heterocycles. The summed E-state index contributed by atoms with van der Waals surface area (Å²) in [4.78, 5) is 6.79. The number of halogens is 2. The van der Waals surface area contributed by atoms with E-state index < -0.39 is 0 Å². The molecule has 0 N–H and O–H groups in total. The molecule has 1 heterocycles. The minimum Gasteiger partial charge on any atom is -0.383 e. The second-order valence-electron chi connectivity index (χ2n) is 4.14. The fraction of sp³-hybridized carbons (Fsp3) is 0.357. The van der Waals surface area contributed by atoms with Gasteiger partial charge in [0, 0.05) is 47.0 Å². The Balaban J connectivity index is 2.43. The lowest BCUT2D eigenvalue weighted by Gasteiger charge is -2.24. The fourth-order valence-electron chi connectivity index (χ4n) is 2.03. The van der Waals surface area contributed by atoms with E-state index in [4.69, 9.17) is 4.74 Å². The highest BCUT2D eigenvalue weighted by molar-refractivity contribution is 9.10. The van der Waals surface area contributed by atoms with E-state index in [2.05, 4.69) is 53.9 Å². The largest absolute Gasteiger partial charge is 0.383 e. The van der Waals surface area contributed by atoms with Crippen molar-refractivity contribution in [1.29, 1.82) is 0 Å². The second-order valence-corrected chi connectivity index (χ2v) is 5.79. The molecule has 0 amide bonds. The van der Waals surface area contributed by atoms with Crippen molar-refractivity contribution < 1.29 is 4.74 Å². The van der Waals surface area contributed by atoms with E-state index in [9.17, 15) is 0 Å². The Hall–Kier alpha value is -0.650. The number of rotatable bonds is 6. The predicted molar refractivity (Wildman–Crippen MR) is 87.3 cm³/mol. The molecule has 0 aliphatic heterocycles. The normalized spacial score (nSPS) is 10.9. The number of benzene rings is 1. The van der Waals surface area contributed by atoms with Crippen LogP contribution in [-0.2, 0) is 4.74 Å². The Labute approximate surface area is 130 Å². The van der Waals surface area contributed by atoms with Crippen LogP contribution >= 0.6 is 31.9 Å². The Bertz CT molecular complexity index is 548. The first kappa shape index (κ1) is 14.8. The summed E-state index contributed by atoms with van der Waals surface area (Å²) < 4.78 is 6.28. The molecule has 2 rings (SSSR count). The van der Waals surface area contributed by atoms with Gasteiger partial charge in [-0.15, -0.1) is 0 Å². The summed E-state index contributed by atoms with van der Waals surface area (Å²) in [6.45, 7) is 2.43. The maximum absolute atomic E-state index is 5.18. The van der Waals surface area contributed by atoms with Gasteiger partial charge in [-0.2, -0.15) is 0 Å². The molecule has 0 fully saturated rings. The molecule has 0 bridgehead atoms. The molecule has 0 radical (unpaired) electrons. The average molecular weight is 388 g/mol. The van der Waals surface area contributed by atoms with E-state index in [0.29, 0.717) is 6.61 Å². The van der Waals surface area contributed by atoms with E-state index in [0.717, 1.165) is 34.1 Å². The number of ether oxygens (including phenoxy) is 1. The van der Waals surface area contributed by atoms with E-state index in [1.165, 1.54) is 5.39 Å². The van der Waals surface area contributed by atoms with Crippen molar-refractivity contribution in [3.63, 3.8) is 0 Å². The maximum atomic E-state index is 5.18. The molecule has 0 aliphatic carbocycles. The van der Waals surface area contributed by atoms with Gasteiger partial charge in [0.2, 0.25) is 0 Å². The van der Waals surface area contributed by atoms with Gasteiger partial charge < -0.3 is 9.64 Å². The molecule has 19 heavy (non-hydrogen) atoms. The zero-order chi connectivity index (χ0) is 13.7. The van der Waals surface area contributed by atoms with Crippen molar-refractivity contribution in [1.82, 2.24) is 4.98 Å². The molecule has 0 atom stereocenters. The number of anilines is 1. The van der Waals surface area contributed by atoms with E-state index >= 15 is 0 Å². The van der Waals surface area contributed by atoms with Crippen molar-refractivity contribution in [2.75, 3.05) is 37.0 Å². The van der Waals surface area contributed by atoms with Crippen LogP contribution in [0.3, 0.4) is 0 Å². The lowest BCUT2D eigenvalue weighted by molar-refractivity contribution is 0.205. The summed E-state index contributed by atoms with van der Waals surface area (Å²) >= 11 is 7.09. The van der Waals surface area contributed by atoms with Gasteiger partial charge >= 0.3 is 0 Å². The van der Waals surface area contributed by atoms with Crippen molar-refractivity contribution in [3.05, 3.63) is 34.9 Å². The summed E-state index contributed by atoms with van der Waals surface area (Å²) in [6, 6.07) is 8.23. The zero-order valence-corrected chi connectivity index (χ0v) is 13.9. The van der Waals surface area contributed by atoms with Crippen molar-refractivity contribution in [3.8, 4) is 0 Å². The average Bonchev–Trinajstić information content (AvgIpc) is 2.43. The third-order valence-electron chi connectivity index (χ3n) is 2.95. The second kappa shape index (κ2) is 7.22. The van der Waals surface area contributed by atoms with Gasteiger partial charge in [0.05, 0.1) is 6.61 Å². The van der Waals surface area contributed by atoms with Crippen LogP contribution in [0, 0.1) is 0 Å². The van der Waals surface area contributed by atoms with Crippen LogP contribution in [0.5, 0.6) is 0 Å². The van der Waals surface area contributed by atoms with Crippen LogP contribution in [0.1, 0.15) is 0 Å². The lowest BCUT2D eigenvalue weighted by atomic mass is 10.1. The Morgan fingerprint density at radius 1 is 1.21 bits per heavy atom. The molecule has 0 aliphatic rings. The molecule has 0 spiro atoms. The third kappa shape index (κ3) is 3.46. The first-order valence-corrected chi connectivity index (χ1v) is 8.02. The van der Waals surface area contributed by atoms with Crippen molar-refractivity contribution in [2.45, 2.75) is 0 Å². The number of hydrogen-bond donors (Lipinski definition) is 0. The quantitative estimate of drug-likeness (QED) is 0.704. The van der Waals surface area contributed by atoms with E-state index in [1.807, 2.05) is 18.3 Å². The van der Waals surface area contributed by atoms with Crippen LogP contribution in [0.25, 0.3) is 10.8 Å². The summed E-state index contributed by atoms with van der Waals surface area (Å²) in [5.41, 5.74) is 0. The number of nitrogens with zero attached hydrogens (tertiary/aromatic N) is 2. The predicted octanol–water partition coefficient (Wildman–Crippen LogP) is 3.85. The summed E-state index contributed by atoms with van der Waals surface area (Å²) in [5, 5.41) is 3.25. The molecule has 3 nitrogen and oxygen atoms in total. The molecular formula is C14H16Br2N2O. The zero-order valence-electron chi connectivity index (χ0n) is 10.8. The Kier molecular flexibility index (Phi) is 5.60. The molecule has 0 saturated carbocycles. The summed E-state index contributed by atoms with van der Waals surface area (Å²) in [7, 11) is 1.72. The van der Waals surface area contributed by atoms with Gasteiger partial charge in [-0.1, -0.05) is 44.0 Å². The Morgan fingerprint density at radius 2 is 2.05 bits per heavy atom. The number of pyridine rings is 1. The highest BCUT2D eigenvalue weighted by Gasteiger charge is 2.11. The number of hydrogen-bond acceptors (Lipinski definition) is 3. The van der Waals surface area contributed by atoms with Gasteiger partial charge in [0.1, 0.15) is 5.82 Å². The third-order valence-corrected chi connectivity index (χ3v) is 4.00. The van der Waals surface area contributed by atoms with E-state index in [1.54, 1.807) is 7.11 Å². The Morgan fingerprint density at radius 3 is 2.79 bits per heavy atom. The topological polar surface area (TPSA) is 25.4 Å². The number of alkyl halides is 1. The number of methoxy groups -OCH3 is 1. The molecule has 0 saturated heterocycles. The first-order valence-electron chi connectivity index (χ1n) is 6.11. The standard InChI is InChI=1S/C14H16Br2N2O/c1-19-10-9-18(8-6-15)14-12-3-2-4-13(16)11(12)5-7-17-14/h2-5,7H,6,8-10H2,1H3.